The lowest BCUT2D eigenvalue weighted by molar-refractivity contribution is 0.0925. The number of guanidine groups is 1. The Hall–Kier alpha value is -2.37. The van der Waals surface area contributed by atoms with Gasteiger partial charge >= 0.3 is 0 Å². The van der Waals surface area contributed by atoms with Crippen molar-refractivity contribution in [1.82, 2.24) is 10.6 Å². The Bertz CT molecular complexity index is 706. The van der Waals surface area contributed by atoms with Crippen molar-refractivity contribution in [3.05, 3.63) is 71.8 Å². The topological polar surface area (TPSA) is 54.9 Å². The number of nitrogens with one attached hydrogen (secondary N) is 2. The zero-order valence-electron chi connectivity index (χ0n) is 16.6. The summed E-state index contributed by atoms with van der Waals surface area (Å²) in [5, 5.41) is 6.67. The summed E-state index contributed by atoms with van der Waals surface area (Å²) in [4.78, 5) is 4.79. The highest BCUT2D eigenvalue weighted by atomic mass is 16.5. The standard InChI is InChI=1S/C23H31N3O2/c1-2-24-23(25-14-16-27-18-19-9-5-3-6-10-19)26-17-21-13-15-28-22(21)20-11-7-4-8-12-20/h3-12,21-22H,2,13-18H2,1H3,(H2,24,25,26). The van der Waals surface area contributed by atoms with Crippen LogP contribution in [0, 0.1) is 5.92 Å². The first-order chi connectivity index (χ1) is 13.9. The molecule has 0 aromatic heterocycles. The fourth-order valence-corrected chi connectivity index (χ4v) is 3.39. The Morgan fingerprint density at radius 1 is 1.07 bits per heavy atom. The average Bonchev–Trinajstić information content (AvgIpc) is 3.22. The SMILES string of the molecule is CCNC(=NCC1CCOC1c1ccccc1)NCCOCc1ccccc1. The molecule has 0 aliphatic carbocycles. The first-order valence-electron chi connectivity index (χ1n) is 10.2. The first-order valence-corrected chi connectivity index (χ1v) is 10.2. The number of ether oxygens (including phenoxy) is 2. The van der Waals surface area contributed by atoms with Gasteiger partial charge in [-0.3, -0.25) is 4.99 Å². The summed E-state index contributed by atoms with van der Waals surface area (Å²) in [6, 6.07) is 20.7. The molecule has 5 nitrogen and oxygen atoms in total. The number of rotatable bonds is 9. The smallest absolute Gasteiger partial charge is 0.191 e. The van der Waals surface area contributed by atoms with Crippen LogP contribution < -0.4 is 10.6 Å². The van der Waals surface area contributed by atoms with E-state index in [4.69, 9.17) is 14.5 Å². The molecule has 1 saturated heterocycles. The number of hydrogen-bond donors (Lipinski definition) is 2. The third kappa shape index (κ3) is 6.36. The van der Waals surface area contributed by atoms with Crippen molar-refractivity contribution in [2.45, 2.75) is 26.1 Å². The van der Waals surface area contributed by atoms with Crippen LogP contribution in [0.3, 0.4) is 0 Å². The van der Waals surface area contributed by atoms with Gasteiger partial charge in [-0.1, -0.05) is 60.7 Å². The van der Waals surface area contributed by atoms with Gasteiger partial charge in [0.1, 0.15) is 0 Å². The predicted octanol–water partition coefficient (Wildman–Crippen LogP) is 3.54. The summed E-state index contributed by atoms with van der Waals surface area (Å²) >= 11 is 0. The van der Waals surface area contributed by atoms with Gasteiger partial charge in [-0.2, -0.15) is 0 Å². The van der Waals surface area contributed by atoms with E-state index >= 15 is 0 Å². The Labute approximate surface area is 168 Å². The van der Waals surface area contributed by atoms with Crippen LogP contribution >= 0.6 is 0 Å². The molecule has 1 fully saturated rings. The van der Waals surface area contributed by atoms with Crippen molar-refractivity contribution in [2.75, 3.05) is 32.8 Å². The fourth-order valence-electron chi connectivity index (χ4n) is 3.39. The van der Waals surface area contributed by atoms with Crippen molar-refractivity contribution in [1.29, 1.82) is 0 Å². The van der Waals surface area contributed by atoms with E-state index in [0.717, 1.165) is 38.6 Å². The van der Waals surface area contributed by atoms with Crippen LogP contribution in [0.25, 0.3) is 0 Å². The van der Waals surface area contributed by atoms with Crippen molar-refractivity contribution in [2.24, 2.45) is 10.9 Å². The Balaban J connectivity index is 1.44. The molecule has 0 amide bonds. The van der Waals surface area contributed by atoms with Crippen molar-refractivity contribution < 1.29 is 9.47 Å². The molecule has 5 heteroatoms. The fraction of sp³-hybridized carbons (Fsp3) is 0.435. The number of aliphatic imine (C=N–C) groups is 1. The number of hydrogen-bond acceptors (Lipinski definition) is 3. The molecule has 2 unspecified atom stereocenters. The maximum atomic E-state index is 5.97. The lowest BCUT2D eigenvalue weighted by atomic mass is 9.95. The molecule has 2 N–H and O–H groups in total. The highest BCUT2D eigenvalue weighted by molar-refractivity contribution is 5.79. The second kappa shape index (κ2) is 11.5. The van der Waals surface area contributed by atoms with Crippen molar-refractivity contribution >= 4 is 5.96 Å². The highest BCUT2D eigenvalue weighted by Gasteiger charge is 2.29. The van der Waals surface area contributed by atoms with Gasteiger partial charge in [0, 0.05) is 32.2 Å². The summed E-state index contributed by atoms with van der Waals surface area (Å²) < 4.78 is 11.7. The minimum Gasteiger partial charge on any atom is -0.375 e. The van der Waals surface area contributed by atoms with Gasteiger partial charge in [-0.25, -0.2) is 0 Å². The van der Waals surface area contributed by atoms with Gasteiger partial charge in [0.15, 0.2) is 5.96 Å². The molecule has 28 heavy (non-hydrogen) atoms. The third-order valence-corrected chi connectivity index (χ3v) is 4.82. The molecule has 1 aliphatic rings. The molecule has 2 aromatic rings. The molecule has 3 rings (SSSR count). The summed E-state index contributed by atoms with van der Waals surface area (Å²) in [7, 11) is 0. The third-order valence-electron chi connectivity index (χ3n) is 4.82. The summed E-state index contributed by atoms with van der Waals surface area (Å²) in [6.45, 7) is 6.46. The first kappa shape index (κ1) is 20.4. The monoisotopic (exact) mass is 381 g/mol. The molecule has 0 spiro atoms. The summed E-state index contributed by atoms with van der Waals surface area (Å²) in [5.41, 5.74) is 2.43. The summed E-state index contributed by atoms with van der Waals surface area (Å²) in [5.74, 6) is 1.25. The van der Waals surface area contributed by atoms with E-state index in [1.54, 1.807) is 0 Å². The van der Waals surface area contributed by atoms with Gasteiger partial charge < -0.3 is 20.1 Å². The molecule has 1 aliphatic heterocycles. The Kier molecular flexibility index (Phi) is 8.34. The van der Waals surface area contributed by atoms with Crippen LogP contribution in [0.4, 0.5) is 0 Å². The van der Waals surface area contributed by atoms with E-state index in [-0.39, 0.29) is 6.10 Å². The zero-order valence-corrected chi connectivity index (χ0v) is 16.6. The summed E-state index contributed by atoms with van der Waals surface area (Å²) in [6.07, 6.45) is 1.19. The van der Waals surface area contributed by atoms with Crippen LogP contribution in [0.15, 0.2) is 65.7 Å². The number of nitrogens with zero attached hydrogens (tertiary/aromatic N) is 1. The maximum Gasteiger partial charge on any atom is 0.191 e. The van der Waals surface area contributed by atoms with Gasteiger partial charge in [-0.15, -0.1) is 0 Å². The van der Waals surface area contributed by atoms with E-state index in [1.165, 1.54) is 11.1 Å². The molecular formula is C23H31N3O2. The van der Waals surface area contributed by atoms with Crippen LogP contribution in [-0.2, 0) is 16.1 Å². The molecule has 0 saturated carbocycles. The van der Waals surface area contributed by atoms with Crippen LogP contribution in [0.2, 0.25) is 0 Å². The van der Waals surface area contributed by atoms with Gasteiger partial charge in [0.25, 0.3) is 0 Å². The highest BCUT2D eigenvalue weighted by Crippen LogP contribution is 2.34. The molecule has 2 atom stereocenters. The van der Waals surface area contributed by atoms with Crippen molar-refractivity contribution in [3.8, 4) is 0 Å². The average molecular weight is 382 g/mol. The molecule has 150 valence electrons. The molecule has 0 bridgehead atoms. The van der Waals surface area contributed by atoms with Crippen LogP contribution in [0.1, 0.15) is 30.6 Å². The van der Waals surface area contributed by atoms with E-state index in [2.05, 4.69) is 54.0 Å². The molecular weight excluding hydrogens is 350 g/mol. The maximum absolute atomic E-state index is 5.97. The lowest BCUT2D eigenvalue weighted by Crippen LogP contribution is -2.39. The van der Waals surface area contributed by atoms with Gasteiger partial charge in [-0.05, 0) is 24.5 Å². The van der Waals surface area contributed by atoms with Crippen molar-refractivity contribution in [3.63, 3.8) is 0 Å². The van der Waals surface area contributed by atoms with E-state index in [1.807, 2.05) is 24.3 Å². The van der Waals surface area contributed by atoms with Gasteiger partial charge in [0.05, 0.1) is 19.3 Å². The van der Waals surface area contributed by atoms with E-state index < -0.39 is 0 Å². The Morgan fingerprint density at radius 3 is 2.57 bits per heavy atom. The molecule has 0 radical (unpaired) electrons. The second-order valence-corrected chi connectivity index (χ2v) is 6.94. The van der Waals surface area contributed by atoms with E-state index in [9.17, 15) is 0 Å². The van der Waals surface area contributed by atoms with Crippen LogP contribution in [0.5, 0.6) is 0 Å². The van der Waals surface area contributed by atoms with E-state index in [0.29, 0.717) is 19.1 Å². The molecule has 2 aromatic carbocycles. The largest absolute Gasteiger partial charge is 0.375 e. The molecule has 1 heterocycles. The second-order valence-electron chi connectivity index (χ2n) is 6.94. The minimum atomic E-state index is 0.141. The van der Waals surface area contributed by atoms with Crippen LogP contribution in [-0.4, -0.2) is 38.8 Å². The predicted molar refractivity (Wildman–Crippen MR) is 113 cm³/mol. The Morgan fingerprint density at radius 2 is 1.82 bits per heavy atom. The lowest BCUT2D eigenvalue weighted by Gasteiger charge is -2.18. The van der Waals surface area contributed by atoms with Gasteiger partial charge in [0.2, 0.25) is 0 Å². The number of benzene rings is 2. The quantitative estimate of drug-likeness (QED) is 0.396. The minimum absolute atomic E-state index is 0.141. The normalized spacial score (nSPS) is 19.5. The zero-order chi connectivity index (χ0) is 19.4.